The van der Waals surface area contributed by atoms with E-state index in [-0.39, 0.29) is 5.91 Å². The van der Waals surface area contributed by atoms with Crippen molar-refractivity contribution in [2.24, 2.45) is 0 Å². The maximum absolute atomic E-state index is 12.8. The molecule has 0 aliphatic carbocycles. The van der Waals surface area contributed by atoms with Crippen molar-refractivity contribution in [3.8, 4) is 11.5 Å². The molecule has 1 fully saturated rings. The van der Waals surface area contributed by atoms with Crippen LogP contribution in [0.5, 0.6) is 11.5 Å². The first kappa shape index (κ1) is 22.8. The lowest BCUT2D eigenvalue weighted by Gasteiger charge is -2.26. The molecule has 6 heteroatoms. The molecular weight excluding hydrogens is 416 g/mol. The van der Waals surface area contributed by atoms with E-state index in [1.165, 1.54) is 5.56 Å². The summed E-state index contributed by atoms with van der Waals surface area (Å²) in [5, 5.41) is 3.00. The molecule has 0 unspecified atom stereocenters. The molecular formula is C27H30N2O4. The van der Waals surface area contributed by atoms with Crippen LogP contribution in [0.1, 0.15) is 21.5 Å². The fourth-order valence-electron chi connectivity index (χ4n) is 3.67. The van der Waals surface area contributed by atoms with E-state index in [1.54, 1.807) is 12.1 Å². The lowest BCUT2D eigenvalue weighted by atomic mass is 10.1. The summed E-state index contributed by atoms with van der Waals surface area (Å²) in [5.74, 6) is 1.18. The predicted octanol–water partition coefficient (Wildman–Crippen LogP) is 3.91. The number of nitrogens with one attached hydrogen (secondary N) is 1. The molecule has 0 radical (unpaired) electrons. The van der Waals surface area contributed by atoms with Crippen molar-refractivity contribution in [3.63, 3.8) is 0 Å². The quantitative estimate of drug-likeness (QED) is 0.479. The lowest BCUT2D eigenvalue weighted by Crippen LogP contribution is -2.35. The molecule has 4 rings (SSSR count). The standard InChI is InChI=1S/C27H30N2O4/c30-27(28-20-22-10-12-23(13-11-22)21-29-14-16-31-17-15-29)25-8-4-5-9-26(25)33-19-18-32-24-6-2-1-3-7-24/h1-13H,14-21H2,(H,28,30). The van der Waals surface area contributed by atoms with E-state index in [9.17, 15) is 4.79 Å². The van der Waals surface area contributed by atoms with E-state index in [1.807, 2.05) is 42.5 Å². The van der Waals surface area contributed by atoms with E-state index in [0.717, 1.165) is 44.2 Å². The molecule has 0 aromatic heterocycles. The Hall–Kier alpha value is -3.35. The van der Waals surface area contributed by atoms with Gasteiger partial charge in [-0.3, -0.25) is 9.69 Å². The number of morpholine rings is 1. The molecule has 1 aliphatic heterocycles. The Kier molecular flexibility index (Phi) is 8.33. The third-order valence-electron chi connectivity index (χ3n) is 5.47. The summed E-state index contributed by atoms with van der Waals surface area (Å²) in [4.78, 5) is 15.2. The summed E-state index contributed by atoms with van der Waals surface area (Å²) in [5.41, 5.74) is 2.84. The largest absolute Gasteiger partial charge is 0.490 e. The summed E-state index contributed by atoms with van der Waals surface area (Å²) in [6, 6.07) is 25.2. The molecule has 1 heterocycles. The Balaban J connectivity index is 1.25. The fraction of sp³-hybridized carbons (Fsp3) is 0.296. The van der Waals surface area contributed by atoms with Crippen LogP contribution in [0.4, 0.5) is 0 Å². The number of carbonyl (C=O) groups is 1. The molecule has 1 saturated heterocycles. The summed E-state index contributed by atoms with van der Waals surface area (Å²) in [6.45, 7) is 5.68. The van der Waals surface area contributed by atoms with Gasteiger partial charge in [-0.05, 0) is 35.4 Å². The second-order valence-corrected chi connectivity index (χ2v) is 7.89. The zero-order chi connectivity index (χ0) is 22.7. The highest BCUT2D eigenvalue weighted by Crippen LogP contribution is 2.18. The zero-order valence-corrected chi connectivity index (χ0v) is 18.7. The van der Waals surface area contributed by atoms with Crippen LogP contribution in [0, 0.1) is 0 Å². The normalized spacial score (nSPS) is 13.9. The molecule has 172 valence electrons. The van der Waals surface area contributed by atoms with Crippen molar-refractivity contribution < 1.29 is 19.0 Å². The minimum atomic E-state index is -0.160. The van der Waals surface area contributed by atoms with Crippen molar-refractivity contribution in [2.75, 3.05) is 39.5 Å². The number of para-hydroxylation sites is 2. The SMILES string of the molecule is O=C(NCc1ccc(CN2CCOCC2)cc1)c1ccccc1OCCOc1ccccc1. The Morgan fingerprint density at radius 3 is 2.27 bits per heavy atom. The van der Waals surface area contributed by atoms with Crippen molar-refractivity contribution in [3.05, 3.63) is 95.6 Å². The Morgan fingerprint density at radius 2 is 1.48 bits per heavy atom. The highest BCUT2D eigenvalue weighted by molar-refractivity contribution is 5.96. The van der Waals surface area contributed by atoms with Gasteiger partial charge in [0.15, 0.2) is 0 Å². The number of benzene rings is 3. The van der Waals surface area contributed by atoms with Gasteiger partial charge in [0.1, 0.15) is 24.7 Å². The fourth-order valence-corrected chi connectivity index (χ4v) is 3.67. The van der Waals surface area contributed by atoms with Crippen molar-refractivity contribution in [1.82, 2.24) is 10.2 Å². The third kappa shape index (κ3) is 7.07. The van der Waals surface area contributed by atoms with E-state index >= 15 is 0 Å². The van der Waals surface area contributed by atoms with Crippen molar-refractivity contribution in [2.45, 2.75) is 13.1 Å². The summed E-state index contributed by atoms with van der Waals surface area (Å²) >= 11 is 0. The maximum Gasteiger partial charge on any atom is 0.255 e. The van der Waals surface area contributed by atoms with Crippen LogP contribution in [0.15, 0.2) is 78.9 Å². The zero-order valence-electron chi connectivity index (χ0n) is 18.7. The summed E-state index contributed by atoms with van der Waals surface area (Å²) < 4.78 is 16.9. The number of ether oxygens (including phenoxy) is 3. The van der Waals surface area contributed by atoms with Crippen LogP contribution in [0.25, 0.3) is 0 Å². The van der Waals surface area contributed by atoms with Crippen LogP contribution < -0.4 is 14.8 Å². The van der Waals surface area contributed by atoms with Gasteiger partial charge in [-0.1, -0.05) is 54.6 Å². The second kappa shape index (κ2) is 12.0. The van der Waals surface area contributed by atoms with Gasteiger partial charge in [-0.15, -0.1) is 0 Å². The lowest BCUT2D eigenvalue weighted by molar-refractivity contribution is 0.0342. The Labute approximate surface area is 195 Å². The number of carbonyl (C=O) groups excluding carboxylic acids is 1. The first-order valence-corrected chi connectivity index (χ1v) is 11.3. The van der Waals surface area contributed by atoms with Crippen LogP contribution in [0.2, 0.25) is 0 Å². The highest BCUT2D eigenvalue weighted by Gasteiger charge is 2.13. The monoisotopic (exact) mass is 446 g/mol. The molecule has 6 nitrogen and oxygen atoms in total. The van der Waals surface area contributed by atoms with Crippen molar-refractivity contribution >= 4 is 5.91 Å². The maximum atomic E-state index is 12.8. The number of amides is 1. The van der Waals surface area contributed by atoms with Crippen molar-refractivity contribution in [1.29, 1.82) is 0 Å². The summed E-state index contributed by atoms with van der Waals surface area (Å²) in [7, 11) is 0. The molecule has 0 saturated carbocycles. The van der Waals surface area contributed by atoms with Gasteiger partial charge >= 0.3 is 0 Å². The number of nitrogens with zero attached hydrogens (tertiary/aromatic N) is 1. The third-order valence-corrected chi connectivity index (χ3v) is 5.47. The minimum absolute atomic E-state index is 0.160. The number of rotatable bonds is 10. The van der Waals surface area contributed by atoms with Gasteiger partial charge in [-0.25, -0.2) is 0 Å². The van der Waals surface area contributed by atoms with E-state index in [0.29, 0.717) is 31.1 Å². The molecule has 3 aromatic carbocycles. The minimum Gasteiger partial charge on any atom is -0.490 e. The van der Waals surface area contributed by atoms with Gasteiger partial charge in [0.25, 0.3) is 5.91 Å². The summed E-state index contributed by atoms with van der Waals surface area (Å²) in [6.07, 6.45) is 0. The molecule has 1 N–H and O–H groups in total. The Morgan fingerprint density at radius 1 is 0.818 bits per heavy atom. The number of hydrogen-bond acceptors (Lipinski definition) is 5. The molecule has 33 heavy (non-hydrogen) atoms. The van der Waals surface area contributed by atoms with Gasteiger partial charge in [0, 0.05) is 26.2 Å². The first-order valence-electron chi connectivity index (χ1n) is 11.3. The smallest absolute Gasteiger partial charge is 0.255 e. The number of hydrogen-bond donors (Lipinski definition) is 1. The molecule has 1 aliphatic rings. The first-order chi connectivity index (χ1) is 16.3. The average molecular weight is 447 g/mol. The van der Waals surface area contributed by atoms with E-state index in [4.69, 9.17) is 14.2 Å². The highest BCUT2D eigenvalue weighted by atomic mass is 16.5. The Bertz CT molecular complexity index is 1000. The second-order valence-electron chi connectivity index (χ2n) is 7.89. The van der Waals surface area contributed by atoms with Crippen LogP contribution in [-0.4, -0.2) is 50.3 Å². The van der Waals surface area contributed by atoms with E-state index < -0.39 is 0 Å². The van der Waals surface area contributed by atoms with E-state index in [2.05, 4.69) is 34.5 Å². The van der Waals surface area contributed by atoms with Gasteiger partial charge in [-0.2, -0.15) is 0 Å². The van der Waals surface area contributed by atoms with Crippen LogP contribution in [0.3, 0.4) is 0 Å². The van der Waals surface area contributed by atoms with Gasteiger partial charge in [0.05, 0.1) is 18.8 Å². The molecule has 3 aromatic rings. The molecule has 0 bridgehead atoms. The average Bonchev–Trinajstić information content (AvgIpc) is 2.87. The van der Waals surface area contributed by atoms with Gasteiger partial charge in [0.2, 0.25) is 0 Å². The topological polar surface area (TPSA) is 60.0 Å². The van der Waals surface area contributed by atoms with Crippen LogP contribution in [-0.2, 0) is 17.8 Å². The predicted molar refractivity (Wildman–Crippen MR) is 128 cm³/mol. The molecule has 0 atom stereocenters. The van der Waals surface area contributed by atoms with Crippen LogP contribution >= 0.6 is 0 Å². The molecule has 0 spiro atoms. The van der Waals surface area contributed by atoms with Gasteiger partial charge < -0.3 is 19.5 Å². The molecule has 1 amide bonds.